The molecular weight excluding hydrogens is 429 g/mol. The number of aryl methyl sites for hydroxylation is 1. The lowest BCUT2D eigenvalue weighted by Crippen LogP contribution is -2.01. The van der Waals surface area contributed by atoms with Gasteiger partial charge in [-0.2, -0.15) is 0 Å². The van der Waals surface area contributed by atoms with E-state index >= 15 is 0 Å². The van der Waals surface area contributed by atoms with Gasteiger partial charge in [-0.1, -0.05) is 30.1 Å². The molecule has 2 aromatic rings. The van der Waals surface area contributed by atoms with Crippen molar-refractivity contribution in [3.63, 3.8) is 0 Å². The number of halogens is 4. The van der Waals surface area contributed by atoms with Crippen LogP contribution in [0.3, 0.4) is 0 Å². The van der Waals surface area contributed by atoms with E-state index in [1.807, 2.05) is 12.1 Å². The third-order valence-corrected chi connectivity index (χ3v) is 4.69. The summed E-state index contributed by atoms with van der Waals surface area (Å²) in [6, 6.07) is 5.47. The second-order valence-electron chi connectivity index (χ2n) is 4.09. The van der Waals surface area contributed by atoms with Crippen molar-refractivity contribution in [3.05, 3.63) is 43.1 Å². The number of benzene rings is 1. The van der Waals surface area contributed by atoms with Gasteiger partial charge in [0, 0.05) is 17.0 Å². The van der Waals surface area contributed by atoms with E-state index in [1.54, 1.807) is 6.07 Å². The first-order valence-electron chi connectivity index (χ1n) is 5.95. The quantitative estimate of drug-likeness (QED) is 0.468. The van der Waals surface area contributed by atoms with Gasteiger partial charge in [-0.15, -0.1) is 0 Å². The largest absolute Gasteiger partial charge is 0.339 e. The minimum atomic E-state index is 0.452. The summed E-state index contributed by atoms with van der Waals surface area (Å²) in [5.41, 5.74) is 0.702. The zero-order chi connectivity index (χ0) is 14.7. The molecule has 1 heterocycles. The molecule has 20 heavy (non-hydrogen) atoms. The lowest BCUT2D eigenvalue weighted by Gasteiger charge is -2.11. The van der Waals surface area contributed by atoms with Crippen molar-refractivity contribution in [2.24, 2.45) is 0 Å². The summed E-state index contributed by atoms with van der Waals surface area (Å²) >= 11 is 19.0. The Labute approximate surface area is 144 Å². The van der Waals surface area contributed by atoms with Crippen LogP contribution in [0.15, 0.2) is 27.3 Å². The molecule has 0 aliphatic carbocycles. The van der Waals surface area contributed by atoms with Gasteiger partial charge in [0.15, 0.2) is 0 Å². The fourth-order valence-electron chi connectivity index (χ4n) is 1.62. The monoisotopic (exact) mass is 437 g/mol. The highest BCUT2D eigenvalue weighted by atomic mass is 79.9. The van der Waals surface area contributed by atoms with E-state index in [0.29, 0.717) is 21.6 Å². The van der Waals surface area contributed by atoms with Crippen LogP contribution in [0.1, 0.15) is 19.2 Å². The Bertz CT molecular complexity index is 635. The molecule has 0 spiro atoms. The van der Waals surface area contributed by atoms with Crippen molar-refractivity contribution in [2.75, 3.05) is 5.32 Å². The Balaban J connectivity index is 2.32. The van der Waals surface area contributed by atoms with E-state index in [2.05, 4.69) is 54.1 Å². The molecule has 0 unspecified atom stereocenters. The summed E-state index contributed by atoms with van der Waals surface area (Å²) in [6.07, 6.45) is 1.81. The van der Waals surface area contributed by atoms with Crippen LogP contribution in [0, 0.1) is 0 Å². The van der Waals surface area contributed by atoms with E-state index in [0.717, 1.165) is 27.7 Å². The average molecular weight is 440 g/mol. The highest BCUT2D eigenvalue weighted by molar-refractivity contribution is 9.10. The highest BCUT2D eigenvalue weighted by Crippen LogP contribution is 2.37. The lowest BCUT2D eigenvalue weighted by molar-refractivity contribution is 0.831. The number of hydrogen-bond acceptors (Lipinski definition) is 3. The highest BCUT2D eigenvalue weighted by Gasteiger charge is 2.10. The van der Waals surface area contributed by atoms with Crippen molar-refractivity contribution in [1.82, 2.24) is 9.97 Å². The molecule has 0 atom stereocenters. The zero-order valence-corrected chi connectivity index (χ0v) is 15.2. The van der Waals surface area contributed by atoms with Crippen LogP contribution in [0.25, 0.3) is 0 Å². The SMILES string of the molecule is CCCc1nc(Br)cc(Nc2ccc(Br)c(Cl)c2Cl)n1. The average Bonchev–Trinajstić information content (AvgIpc) is 2.39. The number of rotatable bonds is 4. The van der Waals surface area contributed by atoms with Crippen LogP contribution < -0.4 is 5.32 Å². The molecule has 7 heteroatoms. The normalized spacial score (nSPS) is 10.7. The Morgan fingerprint density at radius 3 is 2.60 bits per heavy atom. The topological polar surface area (TPSA) is 37.8 Å². The van der Waals surface area contributed by atoms with Crippen molar-refractivity contribution < 1.29 is 0 Å². The van der Waals surface area contributed by atoms with Crippen LogP contribution in [-0.4, -0.2) is 9.97 Å². The third-order valence-electron chi connectivity index (χ3n) is 2.51. The fraction of sp³-hybridized carbons (Fsp3) is 0.231. The summed E-state index contributed by atoms with van der Waals surface area (Å²) in [5.74, 6) is 1.46. The Morgan fingerprint density at radius 2 is 1.90 bits per heavy atom. The number of hydrogen-bond donors (Lipinski definition) is 1. The van der Waals surface area contributed by atoms with Crippen molar-refractivity contribution in [1.29, 1.82) is 0 Å². The molecule has 0 saturated heterocycles. The molecule has 0 saturated carbocycles. The van der Waals surface area contributed by atoms with Gasteiger partial charge in [-0.05, 0) is 50.4 Å². The molecule has 106 valence electrons. The van der Waals surface area contributed by atoms with Crippen molar-refractivity contribution >= 4 is 66.6 Å². The summed E-state index contributed by atoms with van der Waals surface area (Å²) in [5, 5.41) is 4.08. The molecule has 3 nitrogen and oxygen atoms in total. The van der Waals surface area contributed by atoms with Gasteiger partial charge in [-0.3, -0.25) is 0 Å². The maximum atomic E-state index is 6.21. The van der Waals surface area contributed by atoms with Gasteiger partial charge in [0.2, 0.25) is 0 Å². The summed E-state index contributed by atoms with van der Waals surface area (Å²) in [6.45, 7) is 2.09. The Morgan fingerprint density at radius 1 is 1.15 bits per heavy atom. The standard InChI is InChI=1S/C13H11Br2Cl2N3/c1-2-3-10-19-9(15)6-11(20-10)18-8-5-4-7(14)12(16)13(8)17/h4-6H,2-3H2,1H3,(H,18,19,20). The number of aromatic nitrogens is 2. The van der Waals surface area contributed by atoms with Crippen LogP contribution in [-0.2, 0) is 6.42 Å². The van der Waals surface area contributed by atoms with Gasteiger partial charge in [-0.25, -0.2) is 9.97 Å². The smallest absolute Gasteiger partial charge is 0.135 e. The number of nitrogens with one attached hydrogen (secondary N) is 1. The summed E-state index contributed by atoms with van der Waals surface area (Å²) in [7, 11) is 0. The molecule has 2 rings (SSSR count). The molecule has 0 amide bonds. The Hall–Kier alpha value is -0.360. The third kappa shape index (κ3) is 3.85. The lowest BCUT2D eigenvalue weighted by atomic mass is 10.3. The molecule has 1 aromatic carbocycles. The number of nitrogens with zero attached hydrogens (tertiary/aromatic N) is 2. The van der Waals surface area contributed by atoms with Crippen LogP contribution in [0.2, 0.25) is 10.0 Å². The van der Waals surface area contributed by atoms with Gasteiger partial charge >= 0.3 is 0 Å². The van der Waals surface area contributed by atoms with E-state index in [4.69, 9.17) is 23.2 Å². The van der Waals surface area contributed by atoms with E-state index in [-0.39, 0.29) is 0 Å². The zero-order valence-electron chi connectivity index (χ0n) is 10.6. The molecule has 0 bridgehead atoms. The van der Waals surface area contributed by atoms with Crippen molar-refractivity contribution in [3.8, 4) is 0 Å². The van der Waals surface area contributed by atoms with Crippen LogP contribution in [0.4, 0.5) is 11.5 Å². The predicted molar refractivity (Wildman–Crippen MR) is 91.2 cm³/mol. The molecule has 0 radical (unpaired) electrons. The summed E-state index contributed by atoms with van der Waals surface area (Å²) < 4.78 is 1.49. The van der Waals surface area contributed by atoms with Crippen molar-refractivity contribution in [2.45, 2.75) is 19.8 Å². The van der Waals surface area contributed by atoms with E-state index in [1.165, 1.54) is 0 Å². The van der Waals surface area contributed by atoms with Gasteiger partial charge in [0.1, 0.15) is 16.2 Å². The number of anilines is 2. The molecular formula is C13H11Br2Cl2N3. The molecule has 1 aromatic heterocycles. The predicted octanol–water partition coefficient (Wildman–Crippen LogP) is 6.00. The maximum absolute atomic E-state index is 6.21. The van der Waals surface area contributed by atoms with Crippen LogP contribution in [0.5, 0.6) is 0 Å². The fourth-order valence-corrected chi connectivity index (χ4v) is 2.87. The van der Waals surface area contributed by atoms with E-state index in [9.17, 15) is 0 Å². The first-order chi connectivity index (χ1) is 9.51. The molecule has 0 aliphatic rings. The second-order valence-corrected chi connectivity index (χ2v) is 6.51. The minimum absolute atomic E-state index is 0.452. The minimum Gasteiger partial charge on any atom is -0.339 e. The van der Waals surface area contributed by atoms with Gasteiger partial charge in [0.05, 0.1) is 15.7 Å². The Kier molecular flexibility index (Phi) is 5.66. The van der Waals surface area contributed by atoms with Crippen LogP contribution >= 0.6 is 55.1 Å². The molecule has 1 N–H and O–H groups in total. The maximum Gasteiger partial charge on any atom is 0.135 e. The molecule has 0 fully saturated rings. The first-order valence-corrected chi connectivity index (χ1v) is 8.29. The second kappa shape index (κ2) is 7.07. The van der Waals surface area contributed by atoms with E-state index < -0.39 is 0 Å². The molecule has 0 aliphatic heterocycles. The summed E-state index contributed by atoms with van der Waals surface area (Å²) in [4.78, 5) is 8.76. The first kappa shape index (κ1) is 16.0. The van der Waals surface area contributed by atoms with Gasteiger partial charge < -0.3 is 5.32 Å². The van der Waals surface area contributed by atoms with Gasteiger partial charge in [0.25, 0.3) is 0 Å².